The number of ketones is 1. The van der Waals surface area contributed by atoms with E-state index in [1.165, 1.54) is 24.3 Å². The molecule has 0 atom stereocenters. The summed E-state index contributed by atoms with van der Waals surface area (Å²) in [6.07, 6.45) is 0. The third kappa shape index (κ3) is 2.07. The first kappa shape index (κ1) is 5.32. The summed E-state index contributed by atoms with van der Waals surface area (Å²) in [5.41, 5.74) is 0.284. The van der Waals surface area contributed by atoms with Crippen LogP contribution in [-0.4, -0.2) is 24.4 Å². The van der Waals surface area contributed by atoms with Crippen molar-refractivity contribution in [1.29, 1.82) is 0 Å². The first-order chi connectivity index (χ1) is 6.88. The van der Waals surface area contributed by atoms with Gasteiger partial charge in [0.25, 0.3) is 0 Å². The fraction of sp³-hybridized carbons (Fsp3) is 0.222. The van der Waals surface area contributed by atoms with Crippen LogP contribution in [0.5, 0.6) is 5.75 Å². The number of Topliss-reactive ketones (excluding diaryl/α,β-unsaturated/α-hetero) is 1. The molecule has 3 heteroatoms. The van der Waals surface area contributed by atoms with E-state index in [-0.39, 0.29) is 23.6 Å². The van der Waals surface area contributed by atoms with Crippen LogP contribution in [0, 0.1) is 0 Å². The van der Waals surface area contributed by atoms with Crippen molar-refractivity contribution in [3.8, 4) is 5.75 Å². The molecule has 0 aliphatic rings. The smallest absolute Gasteiger partial charge is 0.176 e. The third-order valence-electron chi connectivity index (χ3n) is 1.42. The summed E-state index contributed by atoms with van der Waals surface area (Å²) in [5.74, 6) is -0.392. The van der Waals surface area contributed by atoms with Gasteiger partial charge in [-0.1, -0.05) is 12.1 Å². The summed E-state index contributed by atoms with van der Waals surface area (Å²) in [6.45, 7) is -2.60. The fourth-order valence-corrected chi connectivity index (χ4v) is 0.862. The van der Waals surface area contributed by atoms with Gasteiger partial charge in [-0.3, -0.25) is 4.79 Å². The second kappa shape index (κ2) is 3.88. The Morgan fingerprint density at radius 2 is 2.58 bits per heavy atom. The molecule has 0 amide bonds. The second-order valence-electron chi connectivity index (χ2n) is 2.33. The monoisotopic (exact) mass is 168 g/mol. The van der Waals surface area contributed by atoms with E-state index >= 15 is 0 Å². The average molecular weight is 168 g/mol. The van der Waals surface area contributed by atoms with Crippen LogP contribution in [-0.2, 0) is 0 Å². The molecule has 64 valence electrons. The molecule has 0 saturated carbocycles. The Labute approximate surface area is 75.2 Å². The minimum absolute atomic E-state index is 0.0188. The van der Waals surface area contributed by atoms with E-state index in [0.717, 1.165) is 0 Å². The number of nitrogens with one attached hydrogen (secondary N) is 1. The van der Waals surface area contributed by atoms with Crippen molar-refractivity contribution >= 4 is 5.78 Å². The van der Waals surface area contributed by atoms with E-state index in [1.807, 2.05) is 0 Å². The van der Waals surface area contributed by atoms with Gasteiger partial charge in [0.2, 0.25) is 0 Å². The van der Waals surface area contributed by atoms with Gasteiger partial charge in [0, 0.05) is 9.68 Å². The number of benzene rings is 1. The van der Waals surface area contributed by atoms with Crippen LogP contribution in [0.15, 0.2) is 24.3 Å². The summed E-state index contributed by atoms with van der Waals surface area (Å²) >= 11 is 0. The standard InChI is InChI=1S/C9H11NO2/c1-10-6-9(12)7-3-2-4-8(11)5-7/h2-5,10-11H,6H2,1H3/i1D3. The largest absolute Gasteiger partial charge is 0.508 e. The number of likely N-dealkylation sites (N-methyl/N-ethyl adjacent to an activating group) is 1. The number of hydrogen-bond donors (Lipinski definition) is 2. The van der Waals surface area contributed by atoms with Gasteiger partial charge in [-0.2, -0.15) is 0 Å². The molecule has 0 heterocycles. The number of aromatic hydroxyl groups is 1. The molecule has 0 bridgehead atoms. The maximum atomic E-state index is 11.4. The normalized spacial score (nSPS) is 14.5. The molecule has 0 saturated heterocycles. The molecule has 0 aliphatic carbocycles. The Morgan fingerprint density at radius 1 is 1.75 bits per heavy atom. The Kier molecular flexibility index (Phi) is 1.72. The molecule has 0 unspecified atom stereocenters. The predicted molar refractivity (Wildman–Crippen MR) is 46.4 cm³/mol. The molecule has 1 rings (SSSR count). The van der Waals surface area contributed by atoms with Crippen molar-refractivity contribution in [1.82, 2.24) is 5.32 Å². The van der Waals surface area contributed by atoms with Crippen LogP contribution < -0.4 is 5.32 Å². The Balaban J connectivity index is 2.62. The van der Waals surface area contributed by atoms with Gasteiger partial charge in [-0.25, -0.2) is 0 Å². The van der Waals surface area contributed by atoms with Crippen molar-refractivity contribution in [2.75, 3.05) is 13.5 Å². The average Bonchev–Trinajstić information content (AvgIpc) is 2.13. The summed E-state index contributed by atoms with van der Waals surface area (Å²) in [6, 6.07) is 5.78. The van der Waals surface area contributed by atoms with Gasteiger partial charge in [0.1, 0.15) is 5.75 Å². The SMILES string of the molecule is [2H]C([2H])([2H])NCC(=O)c1cccc(O)c1. The molecule has 0 radical (unpaired) electrons. The number of phenolic OH excluding ortho intramolecular Hbond substituents is 1. The van der Waals surface area contributed by atoms with Gasteiger partial charge in [-0.15, -0.1) is 0 Å². The summed E-state index contributed by atoms with van der Waals surface area (Å²) < 4.78 is 20.6. The lowest BCUT2D eigenvalue weighted by molar-refractivity contribution is 0.0993. The van der Waals surface area contributed by atoms with Gasteiger partial charge < -0.3 is 10.4 Å². The zero-order valence-corrected chi connectivity index (χ0v) is 6.37. The quantitative estimate of drug-likeness (QED) is 0.656. The number of rotatable bonds is 3. The van der Waals surface area contributed by atoms with E-state index in [2.05, 4.69) is 5.32 Å². The lowest BCUT2D eigenvalue weighted by Gasteiger charge is -1.99. The fourth-order valence-electron chi connectivity index (χ4n) is 0.862. The van der Waals surface area contributed by atoms with Crippen molar-refractivity contribution in [3.05, 3.63) is 29.8 Å². The highest BCUT2D eigenvalue weighted by molar-refractivity contribution is 5.97. The highest BCUT2D eigenvalue weighted by atomic mass is 16.3. The zero-order valence-electron chi connectivity index (χ0n) is 9.37. The zero-order chi connectivity index (χ0) is 11.5. The van der Waals surface area contributed by atoms with Crippen molar-refractivity contribution in [3.63, 3.8) is 0 Å². The molecular formula is C9H11NO2. The van der Waals surface area contributed by atoms with E-state index in [9.17, 15) is 4.79 Å². The molecule has 1 aromatic carbocycles. The molecule has 0 aliphatic heterocycles. The Morgan fingerprint density at radius 3 is 3.25 bits per heavy atom. The van der Waals surface area contributed by atoms with E-state index in [1.54, 1.807) is 0 Å². The first-order valence-electron chi connectivity index (χ1n) is 4.96. The molecule has 0 spiro atoms. The van der Waals surface area contributed by atoms with Gasteiger partial charge in [-0.05, 0) is 19.1 Å². The molecule has 2 N–H and O–H groups in total. The van der Waals surface area contributed by atoms with Gasteiger partial charge in [0.15, 0.2) is 5.78 Å². The maximum Gasteiger partial charge on any atom is 0.176 e. The molecule has 3 nitrogen and oxygen atoms in total. The minimum Gasteiger partial charge on any atom is -0.508 e. The van der Waals surface area contributed by atoms with Crippen LogP contribution in [0.3, 0.4) is 0 Å². The molecular weight excluding hydrogens is 154 g/mol. The Hall–Kier alpha value is -1.35. The summed E-state index contributed by atoms with van der Waals surface area (Å²) in [4.78, 5) is 11.4. The topological polar surface area (TPSA) is 49.3 Å². The number of hydrogen-bond acceptors (Lipinski definition) is 3. The van der Waals surface area contributed by atoms with E-state index < -0.39 is 6.98 Å². The third-order valence-corrected chi connectivity index (χ3v) is 1.42. The number of carbonyl (C=O) groups excluding carboxylic acids is 1. The van der Waals surface area contributed by atoms with Crippen LogP contribution in [0.25, 0.3) is 0 Å². The van der Waals surface area contributed by atoms with Crippen LogP contribution in [0.2, 0.25) is 0 Å². The maximum absolute atomic E-state index is 11.4. The Bertz CT molecular complexity index is 363. The lowest BCUT2D eigenvalue weighted by Crippen LogP contribution is -2.18. The highest BCUT2D eigenvalue weighted by Gasteiger charge is 2.03. The predicted octanol–water partition coefficient (Wildman–Crippen LogP) is 0.794. The van der Waals surface area contributed by atoms with Gasteiger partial charge in [0.05, 0.1) is 6.54 Å². The van der Waals surface area contributed by atoms with Gasteiger partial charge >= 0.3 is 0 Å². The lowest BCUT2D eigenvalue weighted by atomic mass is 10.1. The van der Waals surface area contributed by atoms with E-state index in [4.69, 9.17) is 9.22 Å². The summed E-state index contributed by atoms with van der Waals surface area (Å²) in [5, 5.41) is 11.2. The van der Waals surface area contributed by atoms with E-state index in [0.29, 0.717) is 0 Å². The second-order valence-corrected chi connectivity index (χ2v) is 2.33. The molecule has 0 aromatic heterocycles. The van der Waals surface area contributed by atoms with Crippen LogP contribution in [0.4, 0.5) is 0 Å². The molecule has 0 fully saturated rings. The van der Waals surface area contributed by atoms with Crippen molar-refractivity contribution in [2.24, 2.45) is 0 Å². The highest BCUT2D eigenvalue weighted by Crippen LogP contribution is 2.10. The molecule has 12 heavy (non-hydrogen) atoms. The molecule has 1 aromatic rings. The summed E-state index contributed by atoms with van der Waals surface area (Å²) in [7, 11) is 0. The number of carbonyl (C=O) groups is 1. The first-order valence-corrected chi connectivity index (χ1v) is 3.46. The minimum atomic E-state index is -2.33. The van der Waals surface area contributed by atoms with Crippen molar-refractivity contribution in [2.45, 2.75) is 0 Å². The van der Waals surface area contributed by atoms with Crippen molar-refractivity contribution < 1.29 is 14.0 Å². The van der Waals surface area contributed by atoms with Crippen LogP contribution >= 0.6 is 0 Å². The van der Waals surface area contributed by atoms with Crippen LogP contribution in [0.1, 0.15) is 14.5 Å². The number of phenols is 1.